The van der Waals surface area contributed by atoms with Gasteiger partial charge in [-0.3, -0.25) is 4.90 Å². The van der Waals surface area contributed by atoms with Gasteiger partial charge in [0.15, 0.2) is 0 Å². The second-order valence-electron chi connectivity index (χ2n) is 5.90. The second-order valence-corrected chi connectivity index (χ2v) is 5.90. The van der Waals surface area contributed by atoms with Crippen molar-refractivity contribution >= 4 is 0 Å². The van der Waals surface area contributed by atoms with Gasteiger partial charge in [0.25, 0.3) is 0 Å². The maximum Gasteiger partial charge on any atom is 0.00412 e. The largest absolute Gasteiger partial charge is 0.299 e. The summed E-state index contributed by atoms with van der Waals surface area (Å²) in [7, 11) is 0. The monoisotopic (exact) mass is 289 g/mol. The van der Waals surface area contributed by atoms with Gasteiger partial charge in [0.05, 0.1) is 0 Å². The van der Waals surface area contributed by atoms with Crippen molar-refractivity contribution in [3.8, 4) is 0 Å². The molecule has 0 N–H and O–H groups in total. The molecule has 0 radical (unpaired) electrons. The second kappa shape index (κ2) is 14.1. The van der Waals surface area contributed by atoms with Gasteiger partial charge in [0.1, 0.15) is 0 Å². The molecule has 0 amide bonds. The molecule has 0 rings (SSSR count). The minimum absolute atomic E-state index is 0. The molecule has 0 saturated carbocycles. The van der Waals surface area contributed by atoms with E-state index in [4.69, 9.17) is 0 Å². The third-order valence-electron chi connectivity index (χ3n) is 3.60. The first-order valence-electron chi connectivity index (χ1n) is 7.85. The molecular weight excluding hydrogens is 254 g/mol. The van der Waals surface area contributed by atoms with E-state index >= 15 is 0 Å². The minimum atomic E-state index is 0. The summed E-state index contributed by atoms with van der Waals surface area (Å²) in [5, 5.41) is 0. The summed E-state index contributed by atoms with van der Waals surface area (Å²) in [4.78, 5) is 2.61. The van der Waals surface area contributed by atoms with Crippen LogP contribution in [0.4, 0.5) is 0 Å². The molecule has 0 aliphatic rings. The number of unbranched alkanes of at least 4 members (excludes halogenated alkanes) is 7. The summed E-state index contributed by atoms with van der Waals surface area (Å²) in [6.45, 7) is 12.8. The Morgan fingerprint density at radius 1 is 0.667 bits per heavy atom. The molecule has 0 unspecified atom stereocenters. The van der Waals surface area contributed by atoms with Gasteiger partial charge in [-0.25, -0.2) is 0 Å². The molecule has 1 nitrogen and oxygen atoms in total. The normalized spacial score (nSPS) is 11.3. The third kappa shape index (κ3) is 11.7. The van der Waals surface area contributed by atoms with Gasteiger partial charge in [-0.15, -0.1) is 0 Å². The average molecular weight is 289 g/mol. The van der Waals surface area contributed by atoms with E-state index in [1.165, 1.54) is 57.9 Å². The molecule has 0 aliphatic carbocycles. The van der Waals surface area contributed by atoms with Crippen LogP contribution in [0.25, 0.3) is 0 Å². The van der Waals surface area contributed by atoms with Crippen molar-refractivity contribution in [1.82, 2.24) is 4.90 Å². The summed E-state index contributed by atoms with van der Waals surface area (Å²) < 4.78 is 0. The fourth-order valence-corrected chi connectivity index (χ4v) is 2.54. The van der Waals surface area contributed by atoms with E-state index in [2.05, 4.69) is 39.5 Å². The zero-order valence-electron chi connectivity index (χ0n) is 13.5. The Morgan fingerprint density at radius 3 is 1.44 bits per heavy atom. The van der Waals surface area contributed by atoms with Crippen LogP contribution in [0.1, 0.15) is 86.0 Å². The molecule has 0 spiro atoms. The molecule has 0 aromatic heterocycles. The molecule has 0 heterocycles. The molecule has 0 saturated heterocycles. The smallest absolute Gasteiger partial charge is 0.00412 e. The Labute approximate surface area is 131 Å². The first-order valence-corrected chi connectivity index (χ1v) is 7.85. The minimum Gasteiger partial charge on any atom is -0.299 e. The Hall–Kier alpha value is 0.674. The maximum atomic E-state index is 2.61. The first-order chi connectivity index (χ1) is 8.09. The van der Waals surface area contributed by atoms with E-state index in [9.17, 15) is 0 Å². The Bertz CT molecular complexity index is 149. The van der Waals surface area contributed by atoms with E-state index in [1.54, 1.807) is 0 Å². The van der Waals surface area contributed by atoms with Gasteiger partial charge >= 0.3 is 0 Å². The standard InChI is InChI=1S/C16H35N.Ti/c1-6-7-8-9-10-11-12-13-14-17(15(2)3)16(4)5;/h15-16H,6-14H2,1-5H3;. The maximum absolute atomic E-state index is 2.61. The van der Waals surface area contributed by atoms with Crippen molar-refractivity contribution < 1.29 is 21.7 Å². The fourth-order valence-electron chi connectivity index (χ4n) is 2.54. The number of hydrogen-bond acceptors (Lipinski definition) is 1. The van der Waals surface area contributed by atoms with Gasteiger partial charge in [-0.05, 0) is 40.7 Å². The van der Waals surface area contributed by atoms with E-state index < -0.39 is 0 Å². The SMILES string of the molecule is CCCCCCCCCCN(C(C)C)C(C)C.[Ti]. The van der Waals surface area contributed by atoms with Gasteiger partial charge in [-0.1, -0.05) is 51.9 Å². The van der Waals surface area contributed by atoms with Crippen molar-refractivity contribution in [1.29, 1.82) is 0 Å². The Kier molecular flexibility index (Phi) is 16.4. The summed E-state index contributed by atoms with van der Waals surface area (Å²) in [5.74, 6) is 0. The molecular formula is C16H35NTi. The van der Waals surface area contributed by atoms with Gasteiger partial charge in [-0.2, -0.15) is 0 Å². The van der Waals surface area contributed by atoms with E-state index in [1.807, 2.05) is 0 Å². The van der Waals surface area contributed by atoms with Crippen molar-refractivity contribution in [2.75, 3.05) is 6.54 Å². The van der Waals surface area contributed by atoms with Crippen molar-refractivity contribution in [2.45, 2.75) is 98.1 Å². The fraction of sp³-hybridized carbons (Fsp3) is 1.00. The predicted octanol–water partition coefficient (Wildman–Crippen LogP) is 5.24. The molecule has 108 valence electrons. The van der Waals surface area contributed by atoms with E-state index in [0.29, 0.717) is 12.1 Å². The summed E-state index contributed by atoms with van der Waals surface area (Å²) >= 11 is 0. The molecule has 2 heteroatoms. The topological polar surface area (TPSA) is 3.24 Å². The molecule has 0 bridgehead atoms. The zero-order valence-corrected chi connectivity index (χ0v) is 15.0. The van der Waals surface area contributed by atoms with Gasteiger partial charge < -0.3 is 0 Å². The van der Waals surface area contributed by atoms with Crippen LogP contribution in [0, 0.1) is 0 Å². The summed E-state index contributed by atoms with van der Waals surface area (Å²) in [6.07, 6.45) is 11.4. The molecule has 0 aliphatic heterocycles. The van der Waals surface area contributed by atoms with Crippen molar-refractivity contribution in [2.24, 2.45) is 0 Å². The van der Waals surface area contributed by atoms with Crippen LogP contribution in [0.15, 0.2) is 0 Å². The molecule has 0 aromatic carbocycles. The van der Waals surface area contributed by atoms with Crippen LogP contribution in [-0.4, -0.2) is 23.5 Å². The molecule has 0 fully saturated rings. The van der Waals surface area contributed by atoms with Crippen LogP contribution < -0.4 is 0 Å². The quantitative estimate of drug-likeness (QED) is 0.371. The number of hydrogen-bond donors (Lipinski definition) is 0. The summed E-state index contributed by atoms with van der Waals surface area (Å²) in [5.41, 5.74) is 0. The van der Waals surface area contributed by atoms with Crippen molar-refractivity contribution in [3.05, 3.63) is 0 Å². The van der Waals surface area contributed by atoms with Crippen LogP contribution >= 0.6 is 0 Å². The van der Waals surface area contributed by atoms with Crippen molar-refractivity contribution in [3.63, 3.8) is 0 Å². The van der Waals surface area contributed by atoms with Gasteiger partial charge in [0.2, 0.25) is 0 Å². The average Bonchev–Trinajstić information content (AvgIpc) is 2.26. The van der Waals surface area contributed by atoms with Gasteiger partial charge in [0, 0.05) is 33.8 Å². The van der Waals surface area contributed by atoms with E-state index in [-0.39, 0.29) is 21.7 Å². The molecule has 0 aromatic rings. The van der Waals surface area contributed by atoms with Crippen LogP contribution in [0.3, 0.4) is 0 Å². The zero-order chi connectivity index (χ0) is 13.1. The van der Waals surface area contributed by atoms with E-state index in [0.717, 1.165) is 0 Å². The third-order valence-corrected chi connectivity index (χ3v) is 3.60. The molecule has 0 atom stereocenters. The Balaban J connectivity index is 0. The summed E-state index contributed by atoms with van der Waals surface area (Å²) in [6, 6.07) is 1.39. The molecule has 18 heavy (non-hydrogen) atoms. The first kappa shape index (κ1) is 21.0. The Morgan fingerprint density at radius 2 is 1.06 bits per heavy atom. The van der Waals surface area contributed by atoms with Crippen LogP contribution in [-0.2, 0) is 21.7 Å². The number of rotatable bonds is 11. The predicted molar refractivity (Wildman–Crippen MR) is 79.6 cm³/mol. The number of nitrogens with zero attached hydrogens (tertiary/aromatic N) is 1. The van der Waals surface area contributed by atoms with Crippen LogP contribution in [0.5, 0.6) is 0 Å². The van der Waals surface area contributed by atoms with Crippen LogP contribution in [0.2, 0.25) is 0 Å².